The van der Waals surface area contributed by atoms with Crippen LogP contribution in [0.3, 0.4) is 0 Å². The van der Waals surface area contributed by atoms with Gasteiger partial charge in [0.25, 0.3) is 5.91 Å². The Hall–Kier alpha value is -3.79. The van der Waals surface area contributed by atoms with Crippen LogP contribution < -0.4 is 15.5 Å². The van der Waals surface area contributed by atoms with Crippen molar-refractivity contribution in [1.82, 2.24) is 30.0 Å². The summed E-state index contributed by atoms with van der Waals surface area (Å²) in [5, 5.41) is 10.5. The van der Waals surface area contributed by atoms with Crippen molar-refractivity contribution >= 4 is 34.6 Å². The monoisotopic (exact) mass is 460 g/mol. The van der Waals surface area contributed by atoms with Crippen LogP contribution in [0.15, 0.2) is 48.5 Å². The highest BCUT2D eigenvalue weighted by molar-refractivity contribution is 7.09. The SMILES string of the molecule is Cc1cc(C(=O)NCc2cncs2)cnc1N1CCc2ncc(Nc3ccnn3C)cc2C1. The third-order valence-electron chi connectivity index (χ3n) is 5.65. The number of pyridine rings is 2. The Morgan fingerprint density at radius 2 is 2.12 bits per heavy atom. The summed E-state index contributed by atoms with van der Waals surface area (Å²) in [6, 6.07) is 5.96. The number of hydrogen-bond donors (Lipinski definition) is 2. The molecule has 0 spiro atoms. The molecular formula is C23H24N8OS. The molecule has 0 radical (unpaired) electrons. The molecule has 0 saturated carbocycles. The van der Waals surface area contributed by atoms with Gasteiger partial charge in [-0.15, -0.1) is 11.3 Å². The van der Waals surface area contributed by atoms with Crippen molar-refractivity contribution in [1.29, 1.82) is 0 Å². The van der Waals surface area contributed by atoms with Crippen molar-refractivity contribution in [2.45, 2.75) is 26.4 Å². The lowest BCUT2D eigenvalue weighted by Crippen LogP contribution is -2.32. The molecule has 33 heavy (non-hydrogen) atoms. The highest BCUT2D eigenvalue weighted by Gasteiger charge is 2.21. The molecule has 4 aromatic rings. The van der Waals surface area contributed by atoms with E-state index in [0.717, 1.165) is 46.4 Å². The van der Waals surface area contributed by atoms with E-state index in [2.05, 4.69) is 41.7 Å². The molecule has 0 atom stereocenters. The fourth-order valence-electron chi connectivity index (χ4n) is 3.94. The van der Waals surface area contributed by atoms with Crippen LogP contribution in [-0.2, 0) is 26.6 Å². The molecule has 0 aromatic carbocycles. The van der Waals surface area contributed by atoms with Crippen molar-refractivity contribution in [3.05, 3.63) is 75.8 Å². The summed E-state index contributed by atoms with van der Waals surface area (Å²) in [5.41, 5.74) is 6.49. The maximum Gasteiger partial charge on any atom is 0.253 e. The molecule has 0 fully saturated rings. The number of carbonyl (C=O) groups is 1. The highest BCUT2D eigenvalue weighted by Crippen LogP contribution is 2.27. The van der Waals surface area contributed by atoms with E-state index < -0.39 is 0 Å². The van der Waals surface area contributed by atoms with E-state index in [1.165, 1.54) is 16.9 Å². The van der Waals surface area contributed by atoms with Crippen molar-refractivity contribution in [3.8, 4) is 0 Å². The molecule has 168 valence electrons. The van der Waals surface area contributed by atoms with Gasteiger partial charge in [-0.1, -0.05) is 0 Å². The van der Waals surface area contributed by atoms with Crippen molar-refractivity contribution in [2.24, 2.45) is 7.05 Å². The minimum Gasteiger partial charge on any atom is -0.352 e. The molecule has 1 aliphatic heterocycles. The van der Waals surface area contributed by atoms with Gasteiger partial charge in [0.1, 0.15) is 11.6 Å². The molecule has 0 bridgehead atoms. The zero-order chi connectivity index (χ0) is 22.8. The second-order valence-electron chi connectivity index (χ2n) is 7.98. The Kier molecular flexibility index (Phi) is 5.74. The van der Waals surface area contributed by atoms with Crippen LogP contribution >= 0.6 is 11.3 Å². The number of hydrogen-bond acceptors (Lipinski definition) is 8. The number of rotatable bonds is 6. The fraction of sp³-hybridized carbons (Fsp3) is 0.261. The summed E-state index contributed by atoms with van der Waals surface area (Å²) in [5.74, 6) is 1.67. The van der Waals surface area contributed by atoms with Gasteiger partial charge in [-0.3, -0.25) is 19.4 Å². The Bertz CT molecular complexity index is 1280. The Morgan fingerprint density at radius 3 is 2.88 bits per heavy atom. The van der Waals surface area contributed by atoms with Crippen LogP contribution in [0.4, 0.5) is 17.3 Å². The standard InChI is InChI=1S/C23H24N8OS/c1-15-7-16(23(32)27-12-19-11-24-14-33-19)9-26-22(15)31-6-4-20-17(13-31)8-18(10-25-20)29-21-3-5-28-30(21)2/h3,5,7-11,14,29H,4,6,12-13H2,1-2H3,(H,27,32). The molecule has 0 unspecified atom stereocenters. The second-order valence-corrected chi connectivity index (χ2v) is 8.95. The molecule has 2 N–H and O–H groups in total. The van der Waals surface area contributed by atoms with E-state index in [9.17, 15) is 4.79 Å². The molecule has 5 rings (SSSR count). The summed E-state index contributed by atoms with van der Waals surface area (Å²) in [6.45, 7) is 4.01. The zero-order valence-corrected chi connectivity index (χ0v) is 19.3. The molecular weight excluding hydrogens is 436 g/mol. The topological polar surface area (TPSA) is 101 Å². The maximum atomic E-state index is 12.5. The van der Waals surface area contributed by atoms with Crippen LogP contribution in [0, 0.1) is 6.92 Å². The van der Waals surface area contributed by atoms with Gasteiger partial charge in [-0.05, 0) is 30.2 Å². The van der Waals surface area contributed by atoms with Crippen molar-refractivity contribution in [2.75, 3.05) is 16.8 Å². The molecule has 4 aromatic heterocycles. The molecule has 0 saturated heterocycles. The van der Waals surface area contributed by atoms with E-state index >= 15 is 0 Å². The van der Waals surface area contributed by atoms with Gasteiger partial charge in [-0.2, -0.15) is 5.10 Å². The van der Waals surface area contributed by atoms with E-state index in [1.54, 1.807) is 28.8 Å². The van der Waals surface area contributed by atoms with Crippen LogP contribution in [0.5, 0.6) is 0 Å². The first-order valence-electron chi connectivity index (χ1n) is 10.7. The lowest BCUT2D eigenvalue weighted by atomic mass is 10.0. The summed E-state index contributed by atoms with van der Waals surface area (Å²) in [6.07, 6.45) is 7.88. The van der Waals surface area contributed by atoms with E-state index in [1.807, 2.05) is 32.3 Å². The van der Waals surface area contributed by atoms with Gasteiger partial charge in [0, 0.05) is 55.6 Å². The lowest BCUT2D eigenvalue weighted by molar-refractivity contribution is 0.0951. The zero-order valence-electron chi connectivity index (χ0n) is 18.4. The van der Waals surface area contributed by atoms with Crippen LogP contribution in [0.25, 0.3) is 0 Å². The van der Waals surface area contributed by atoms with Crippen LogP contribution in [-0.4, -0.2) is 37.2 Å². The smallest absolute Gasteiger partial charge is 0.253 e. The summed E-state index contributed by atoms with van der Waals surface area (Å²) in [4.78, 5) is 29.1. The number of anilines is 3. The Morgan fingerprint density at radius 1 is 1.21 bits per heavy atom. The summed E-state index contributed by atoms with van der Waals surface area (Å²) >= 11 is 1.52. The number of carbonyl (C=O) groups excluding carboxylic acids is 1. The van der Waals surface area contributed by atoms with E-state index in [0.29, 0.717) is 18.7 Å². The minimum absolute atomic E-state index is 0.135. The van der Waals surface area contributed by atoms with Crippen LogP contribution in [0.1, 0.15) is 32.1 Å². The first kappa shape index (κ1) is 21.1. The van der Waals surface area contributed by atoms with E-state index in [4.69, 9.17) is 0 Å². The predicted octanol–water partition coefficient (Wildman–Crippen LogP) is 3.21. The second kappa shape index (κ2) is 8.99. The molecule has 10 heteroatoms. The molecule has 0 aliphatic carbocycles. The predicted molar refractivity (Wildman–Crippen MR) is 128 cm³/mol. The number of aryl methyl sites for hydroxylation is 2. The average Bonchev–Trinajstić information content (AvgIpc) is 3.49. The Balaban J connectivity index is 1.29. The van der Waals surface area contributed by atoms with Gasteiger partial charge in [0.05, 0.1) is 35.7 Å². The number of nitrogens with one attached hydrogen (secondary N) is 2. The number of amides is 1. The van der Waals surface area contributed by atoms with Crippen molar-refractivity contribution in [3.63, 3.8) is 0 Å². The minimum atomic E-state index is -0.135. The molecule has 1 aliphatic rings. The average molecular weight is 461 g/mol. The van der Waals surface area contributed by atoms with Gasteiger partial charge in [-0.25, -0.2) is 4.98 Å². The van der Waals surface area contributed by atoms with Gasteiger partial charge in [0.2, 0.25) is 0 Å². The quantitative estimate of drug-likeness (QED) is 0.456. The fourth-order valence-corrected chi connectivity index (χ4v) is 4.48. The molecule has 1 amide bonds. The normalized spacial score (nSPS) is 13.0. The lowest BCUT2D eigenvalue weighted by Gasteiger charge is -2.30. The van der Waals surface area contributed by atoms with E-state index in [-0.39, 0.29) is 5.91 Å². The molecule has 5 heterocycles. The Labute approximate surface area is 195 Å². The van der Waals surface area contributed by atoms with Crippen molar-refractivity contribution < 1.29 is 4.79 Å². The third-order valence-corrected chi connectivity index (χ3v) is 6.43. The third kappa shape index (κ3) is 4.56. The van der Waals surface area contributed by atoms with Gasteiger partial charge < -0.3 is 15.5 Å². The largest absolute Gasteiger partial charge is 0.352 e. The van der Waals surface area contributed by atoms with Crippen LogP contribution in [0.2, 0.25) is 0 Å². The maximum absolute atomic E-state index is 12.5. The summed E-state index contributed by atoms with van der Waals surface area (Å²) < 4.78 is 1.79. The highest BCUT2D eigenvalue weighted by atomic mass is 32.1. The number of aromatic nitrogens is 5. The first-order chi connectivity index (χ1) is 16.1. The summed E-state index contributed by atoms with van der Waals surface area (Å²) in [7, 11) is 1.90. The number of nitrogens with zero attached hydrogens (tertiary/aromatic N) is 6. The molecule has 9 nitrogen and oxygen atoms in total. The van der Waals surface area contributed by atoms with Gasteiger partial charge in [0.15, 0.2) is 0 Å². The number of thiazole rings is 1. The number of fused-ring (bicyclic) bond motifs is 1. The first-order valence-corrected chi connectivity index (χ1v) is 11.5. The van der Waals surface area contributed by atoms with Gasteiger partial charge >= 0.3 is 0 Å².